The van der Waals surface area contributed by atoms with Crippen molar-refractivity contribution in [3.63, 3.8) is 0 Å². The van der Waals surface area contributed by atoms with Gasteiger partial charge in [0.1, 0.15) is 0 Å². The molecule has 1 aromatic carbocycles. The molecular weight excluding hydrogens is 577 g/mol. The SMILES string of the molecule is NC(=O)c1c(I)c(CCO)c(I)c(C(N)=O)c1I. The molecular formula is C10H9I3N2O3. The van der Waals surface area contributed by atoms with Crippen molar-refractivity contribution in [1.29, 1.82) is 0 Å². The summed E-state index contributed by atoms with van der Waals surface area (Å²) in [5, 5.41) is 9.06. The number of amides is 2. The number of hydrogen-bond acceptors (Lipinski definition) is 3. The molecule has 0 atom stereocenters. The number of rotatable bonds is 4. The molecule has 0 bridgehead atoms. The summed E-state index contributed by atoms with van der Waals surface area (Å²) < 4.78 is 1.78. The van der Waals surface area contributed by atoms with Gasteiger partial charge >= 0.3 is 0 Å². The lowest BCUT2D eigenvalue weighted by molar-refractivity contribution is 0.0998. The van der Waals surface area contributed by atoms with Gasteiger partial charge in [0.2, 0.25) is 0 Å². The number of benzene rings is 1. The van der Waals surface area contributed by atoms with E-state index in [2.05, 4.69) is 0 Å². The summed E-state index contributed by atoms with van der Waals surface area (Å²) in [5.41, 5.74) is 12.0. The normalized spacial score (nSPS) is 10.4. The van der Waals surface area contributed by atoms with Crippen LogP contribution in [-0.2, 0) is 6.42 Å². The Labute approximate surface area is 144 Å². The van der Waals surface area contributed by atoms with Crippen LogP contribution >= 0.6 is 67.8 Å². The molecule has 8 heteroatoms. The van der Waals surface area contributed by atoms with Crippen LogP contribution in [0.5, 0.6) is 0 Å². The van der Waals surface area contributed by atoms with Crippen molar-refractivity contribution in [3.8, 4) is 0 Å². The van der Waals surface area contributed by atoms with Crippen LogP contribution in [-0.4, -0.2) is 23.5 Å². The summed E-state index contributed by atoms with van der Waals surface area (Å²) in [4.78, 5) is 23.0. The molecule has 0 fully saturated rings. The number of primary amides is 2. The fourth-order valence-electron chi connectivity index (χ4n) is 1.48. The number of carbonyl (C=O) groups excluding carboxylic acids is 2. The Hall–Kier alpha value is 0.310. The highest BCUT2D eigenvalue weighted by molar-refractivity contribution is 14.1. The second-order valence-corrected chi connectivity index (χ2v) is 6.61. The van der Waals surface area contributed by atoms with E-state index in [1.165, 1.54) is 0 Å². The number of hydrogen-bond donors (Lipinski definition) is 3. The zero-order valence-electron chi connectivity index (χ0n) is 8.97. The summed E-state index contributed by atoms with van der Waals surface area (Å²) in [6.07, 6.45) is 0.341. The van der Waals surface area contributed by atoms with E-state index in [-0.39, 0.29) is 17.7 Å². The Morgan fingerprint density at radius 3 is 1.61 bits per heavy atom. The molecule has 0 aliphatic heterocycles. The maximum absolute atomic E-state index is 11.5. The summed E-state index contributed by atoms with van der Waals surface area (Å²) in [7, 11) is 0. The molecule has 0 aromatic heterocycles. The van der Waals surface area contributed by atoms with Crippen LogP contribution in [0, 0.1) is 10.7 Å². The minimum absolute atomic E-state index is 0.0804. The predicted octanol–water partition coefficient (Wildman–Crippen LogP) is 1.23. The van der Waals surface area contributed by atoms with Crippen LogP contribution in [0.4, 0.5) is 0 Å². The maximum Gasteiger partial charge on any atom is 0.250 e. The van der Waals surface area contributed by atoms with Crippen LogP contribution in [0.3, 0.4) is 0 Å². The van der Waals surface area contributed by atoms with Crippen molar-refractivity contribution in [2.24, 2.45) is 11.5 Å². The first-order valence-electron chi connectivity index (χ1n) is 4.72. The van der Waals surface area contributed by atoms with Gasteiger partial charge in [-0.05, 0) is 79.8 Å². The third-order valence-corrected chi connectivity index (χ3v) is 5.72. The van der Waals surface area contributed by atoms with Gasteiger partial charge in [-0.1, -0.05) is 0 Å². The van der Waals surface area contributed by atoms with Gasteiger partial charge in [0.05, 0.1) is 11.1 Å². The standard InChI is InChI=1S/C10H9I3N2O3/c11-6-3(1-2-16)7(12)5(10(15)18)8(13)4(6)9(14)17/h16H,1-2H2,(H2,14,17)(H2,15,18). The molecule has 1 aromatic rings. The van der Waals surface area contributed by atoms with E-state index in [1.54, 1.807) is 0 Å². The number of nitrogens with two attached hydrogens (primary N) is 2. The third-order valence-electron chi connectivity index (χ3n) is 2.26. The number of aliphatic hydroxyl groups excluding tert-OH is 1. The van der Waals surface area contributed by atoms with Gasteiger partial charge in [-0.2, -0.15) is 0 Å². The first-order valence-corrected chi connectivity index (χ1v) is 7.96. The lowest BCUT2D eigenvalue weighted by Gasteiger charge is -2.15. The smallest absolute Gasteiger partial charge is 0.250 e. The van der Waals surface area contributed by atoms with Gasteiger partial charge in [-0.15, -0.1) is 0 Å². The fourth-order valence-corrected chi connectivity index (χ4v) is 6.25. The highest BCUT2D eigenvalue weighted by Crippen LogP contribution is 2.31. The van der Waals surface area contributed by atoms with Gasteiger partial charge in [0, 0.05) is 17.3 Å². The Morgan fingerprint density at radius 1 is 0.944 bits per heavy atom. The van der Waals surface area contributed by atoms with Crippen LogP contribution in [0.2, 0.25) is 0 Å². The van der Waals surface area contributed by atoms with Crippen LogP contribution in [0.15, 0.2) is 0 Å². The molecule has 98 valence electrons. The molecule has 0 radical (unpaired) electrons. The second kappa shape index (κ2) is 6.65. The Bertz CT molecular complexity index is 491. The van der Waals surface area contributed by atoms with Crippen molar-refractivity contribution >= 4 is 79.6 Å². The zero-order chi connectivity index (χ0) is 14.0. The van der Waals surface area contributed by atoms with Crippen molar-refractivity contribution in [2.45, 2.75) is 6.42 Å². The van der Waals surface area contributed by atoms with E-state index in [0.717, 1.165) is 5.56 Å². The summed E-state index contributed by atoms with van der Waals surface area (Å²) in [5.74, 6) is -1.22. The lowest BCUT2D eigenvalue weighted by Crippen LogP contribution is -2.23. The average molecular weight is 586 g/mol. The molecule has 0 heterocycles. The van der Waals surface area contributed by atoms with Crippen molar-refractivity contribution in [1.82, 2.24) is 0 Å². The molecule has 1 rings (SSSR count). The summed E-state index contributed by atoms with van der Waals surface area (Å²) in [6.45, 7) is -0.0804. The molecule has 5 N–H and O–H groups in total. The molecule has 0 unspecified atom stereocenters. The van der Waals surface area contributed by atoms with Gasteiger partial charge in [0.25, 0.3) is 11.8 Å². The topological polar surface area (TPSA) is 106 Å². The quantitative estimate of drug-likeness (QED) is 0.463. The molecule has 0 saturated carbocycles. The number of carbonyl (C=O) groups is 2. The minimum atomic E-state index is -0.609. The fraction of sp³-hybridized carbons (Fsp3) is 0.200. The van der Waals surface area contributed by atoms with E-state index in [4.69, 9.17) is 16.6 Å². The van der Waals surface area contributed by atoms with Gasteiger partial charge in [-0.3, -0.25) is 9.59 Å². The van der Waals surface area contributed by atoms with Crippen molar-refractivity contribution in [2.75, 3.05) is 6.61 Å². The monoisotopic (exact) mass is 586 g/mol. The molecule has 0 saturated heterocycles. The van der Waals surface area contributed by atoms with Crippen molar-refractivity contribution in [3.05, 3.63) is 27.4 Å². The Balaban J connectivity index is 3.75. The Kier molecular flexibility index (Phi) is 6.05. The largest absolute Gasteiger partial charge is 0.396 e. The number of aliphatic hydroxyl groups is 1. The number of halogens is 3. The third kappa shape index (κ3) is 3.07. The lowest BCUT2D eigenvalue weighted by atomic mass is 10.0. The molecule has 0 aliphatic rings. The van der Waals surface area contributed by atoms with Crippen LogP contribution < -0.4 is 11.5 Å². The van der Waals surface area contributed by atoms with E-state index in [0.29, 0.717) is 17.1 Å². The molecule has 5 nitrogen and oxygen atoms in total. The van der Waals surface area contributed by atoms with E-state index >= 15 is 0 Å². The van der Waals surface area contributed by atoms with E-state index in [1.807, 2.05) is 67.8 Å². The highest BCUT2D eigenvalue weighted by atomic mass is 127. The second-order valence-electron chi connectivity index (χ2n) is 3.37. The molecule has 2 amide bonds. The van der Waals surface area contributed by atoms with E-state index < -0.39 is 11.8 Å². The van der Waals surface area contributed by atoms with E-state index in [9.17, 15) is 9.59 Å². The first kappa shape index (κ1) is 16.4. The molecule has 18 heavy (non-hydrogen) atoms. The predicted molar refractivity (Wildman–Crippen MR) is 92.4 cm³/mol. The average Bonchev–Trinajstić information content (AvgIpc) is 2.23. The summed E-state index contributed by atoms with van der Waals surface area (Å²) in [6, 6.07) is 0. The van der Waals surface area contributed by atoms with Crippen LogP contribution in [0.1, 0.15) is 26.3 Å². The van der Waals surface area contributed by atoms with Crippen molar-refractivity contribution < 1.29 is 14.7 Å². The maximum atomic E-state index is 11.5. The molecule has 0 aliphatic carbocycles. The summed E-state index contributed by atoms with van der Waals surface area (Å²) >= 11 is 5.89. The van der Waals surface area contributed by atoms with Gasteiger partial charge in [0.15, 0.2) is 0 Å². The van der Waals surface area contributed by atoms with Gasteiger partial charge < -0.3 is 16.6 Å². The Morgan fingerprint density at radius 2 is 1.33 bits per heavy atom. The van der Waals surface area contributed by atoms with Gasteiger partial charge in [-0.25, -0.2) is 0 Å². The zero-order valence-corrected chi connectivity index (χ0v) is 15.4. The van der Waals surface area contributed by atoms with Crippen LogP contribution in [0.25, 0.3) is 0 Å². The first-order chi connectivity index (χ1) is 8.32. The minimum Gasteiger partial charge on any atom is -0.396 e. The molecule has 0 spiro atoms. The highest BCUT2D eigenvalue weighted by Gasteiger charge is 2.25.